The Labute approximate surface area is 197 Å². The molecule has 0 heterocycles. The SMILES string of the molecule is Cc1c(CCC(=O)OC(C)(C)C)cccc1NC(=O)C(c1ccc(CO)cc1)C1CCCC1. The van der Waals surface area contributed by atoms with Crippen molar-refractivity contribution < 1.29 is 19.4 Å². The zero-order valence-electron chi connectivity index (χ0n) is 20.3. The van der Waals surface area contributed by atoms with Gasteiger partial charge in [0.05, 0.1) is 12.5 Å². The molecule has 1 saturated carbocycles. The molecule has 2 aromatic rings. The summed E-state index contributed by atoms with van der Waals surface area (Å²) in [7, 11) is 0. The van der Waals surface area contributed by atoms with Gasteiger partial charge in [-0.1, -0.05) is 49.2 Å². The van der Waals surface area contributed by atoms with E-state index in [-0.39, 0.29) is 24.4 Å². The summed E-state index contributed by atoms with van der Waals surface area (Å²) >= 11 is 0. The number of aryl methyl sites for hydroxylation is 1. The van der Waals surface area contributed by atoms with E-state index in [9.17, 15) is 14.7 Å². The maximum atomic E-state index is 13.5. The van der Waals surface area contributed by atoms with Crippen LogP contribution in [0, 0.1) is 12.8 Å². The Kier molecular flexibility index (Phi) is 8.30. The van der Waals surface area contributed by atoms with Crippen LogP contribution in [0.1, 0.15) is 81.0 Å². The van der Waals surface area contributed by atoms with E-state index in [1.807, 2.05) is 70.2 Å². The summed E-state index contributed by atoms with van der Waals surface area (Å²) in [6, 6.07) is 13.6. The van der Waals surface area contributed by atoms with Crippen molar-refractivity contribution in [3.05, 3.63) is 64.7 Å². The smallest absolute Gasteiger partial charge is 0.306 e. The topological polar surface area (TPSA) is 75.6 Å². The molecule has 0 saturated heterocycles. The Hall–Kier alpha value is -2.66. The maximum absolute atomic E-state index is 13.5. The number of benzene rings is 2. The summed E-state index contributed by atoms with van der Waals surface area (Å²) in [5.74, 6) is -0.110. The molecule has 178 valence electrons. The van der Waals surface area contributed by atoms with Gasteiger partial charge in [0.15, 0.2) is 0 Å². The third-order valence-corrected chi connectivity index (χ3v) is 6.40. The first kappa shape index (κ1) is 25.0. The van der Waals surface area contributed by atoms with Gasteiger partial charge in [0.25, 0.3) is 0 Å². The number of anilines is 1. The number of rotatable bonds is 8. The highest BCUT2D eigenvalue weighted by Crippen LogP contribution is 2.38. The van der Waals surface area contributed by atoms with Gasteiger partial charge >= 0.3 is 5.97 Å². The molecule has 2 N–H and O–H groups in total. The lowest BCUT2D eigenvalue weighted by Gasteiger charge is -2.24. The molecule has 0 aliphatic heterocycles. The van der Waals surface area contributed by atoms with Gasteiger partial charge in [0.2, 0.25) is 5.91 Å². The molecule has 1 aliphatic carbocycles. The van der Waals surface area contributed by atoms with E-state index in [0.717, 1.165) is 53.6 Å². The van der Waals surface area contributed by atoms with E-state index in [2.05, 4.69) is 5.32 Å². The van der Waals surface area contributed by atoms with Crippen molar-refractivity contribution in [2.24, 2.45) is 5.92 Å². The average molecular weight is 452 g/mol. The number of aliphatic hydroxyl groups excluding tert-OH is 1. The number of hydrogen-bond donors (Lipinski definition) is 2. The van der Waals surface area contributed by atoms with Crippen LogP contribution in [0.15, 0.2) is 42.5 Å². The molecule has 1 unspecified atom stereocenters. The molecule has 1 aliphatic rings. The molecule has 1 atom stereocenters. The van der Waals surface area contributed by atoms with E-state index in [1.165, 1.54) is 0 Å². The van der Waals surface area contributed by atoms with Crippen molar-refractivity contribution in [3.8, 4) is 0 Å². The Morgan fingerprint density at radius 1 is 1.09 bits per heavy atom. The van der Waals surface area contributed by atoms with Gasteiger partial charge < -0.3 is 15.2 Å². The Bertz CT molecular complexity index is 953. The average Bonchev–Trinajstić information content (AvgIpc) is 3.28. The standard InChI is InChI=1S/C28H37NO4/c1-19-21(16-17-25(31)33-28(2,3)4)10-7-11-24(19)29-27(32)26(22-8-5-6-9-22)23-14-12-20(18-30)13-15-23/h7,10-15,22,26,30H,5-6,8-9,16-18H2,1-4H3,(H,29,32). The number of carbonyl (C=O) groups excluding carboxylic acids is 2. The molecule has 0 aromatic heterocycles. The predicted molar refractivity (Wildman–Crippen MR) is 131 cm³/mol. The molecule has 33 heavy (non-hydrogen) atoms. The van der Waals surface area contributed by atoms with Crippen LogP contribution in [-0.2, 0) is 27.4 Å². The number of hydrogen-bond acceptors (Lipinski definition) is 4. The Balaban J connectivity index is 1.75. The molecule has 0 bridgehead atoms. The highest BCUT2D eigenvalue weighted by Gasteiger charge is 2.32. The Morgan fingerprint density at radius 3 is 2.36 bits per heavy atom. The van der Waals surface area contributed by atoms with E-state index in [4.69, 9.17) is 4.74 Å². The molecule has 0 radical (unpaired) electrons. The van der Waals surface area contributed by atoms with Crippen LogP contribution in [0.2, 0.25) is 0 Å². The molecular weight excluding hydrogens is 414 g/mol. The fourth-order valence-electron chi connectivity index (χ4n) is 4.69. The first-order valence-electron chi connectivity index (χ1n) is 12.0. The van der Waals surface area contributed by atoms with Crippen LogP contribution < -0.4 is 5.32 Å². The summed E-state index contributed by atoms with van der Waals surface area (Å²) < 4.78 is 5.42. The van der Waals surface area contributed by atoms with Crippen molar-refractivity contribution in [2.75, 3.05) is 5.32 Å². The van der Waals surface area contributed by atoms with Gasteiger partial charge in [-0.05, 0) is 81.2 Å². The second-order valence-corrected chi connectivity index (χ2v) is 10.1. The van der Waals surface area contributed by atoms with Crippen LogP contribution >= 0.6 is 0 Å². The second kappa shape index (κ2) is 11.0. The van der Waals surface area contributed by atoms with Gasteiger partial charge in [-0.3, -0.25) is 9.59 Å². The number of carbonyl (C=O) groups is 2. The van der Waals surface area contributed by atoms with Crippen LogP contribution in [0.3, 0.4) is 0 Å². The third kappa shape index (κ3) is 6.91. The van der Waals surface area contributed by atoms with E-state index >= 15 is 0 Å². The van der Waals surface area contributed by atoms with Crippen molar-refractivity contribution in [1.82, 2.24) is 0 Å². The fourth-order valence-corrected chi connectivity index (χ4v) is 4.69. The highest BCUT2D eigenvalue weighted by atomic mass is 16.6. The maximum Gasteiger partial charge on any atom is 0.306 e. The van der Waals surface area contributed by atoms with Gasteiger partial charge in [0.1, 0.15) is 5.60 Å². The van der Waals surface area contributed by atoms with Gasteiger partial charge in [0, 0.05) is 12.1 Å². The first-order valence-corrected chi connectivity index (χ1v) is 12.0. The largest absolute Gasteiger partial charge is 0.460 e. The molecule has 3 rings (SSSR count). The molecule has 5 nitrogen and oxygen atoms in total. The third-order valence-electron chi connectivity index (χ3n) is 6.40. The summed E-state index contributed by atoms with van der Waals surface area (Å²) in [5, 5.41) is 12.5. The zero-order valence-corrected chi connectivity index (χ0v) is 20.3. The van der Waals surface area contributed by atoms with E-state index in [0.29, 0.717) is 18.8 Å². The lowest BCUT2D eigenvalue weighted by atomic mass is 9.83. The minimum Gasteiger partial charge on any atom is -0.460 e. The summed E-state index contributed by atoms with van der Waals surface area (Å²) in [6.07, 6.45) is 5.28. The number of ether oxygens (including phenoxy) is 1. The molecule has 1 amide bonds. The molecule has 2 aromatic carbocycles. The normalized spacial score (nSPS) is 15.3. The van der Waals surface area contributed by atoms with Crippen molar-refractivity contribution in [2.45, 2.75) is 84.3 Å². The lowest BCUT2D eigenvalue weighted by molar-refractivity contribution is -0.154. The predicted octanol–water partition coefficient (Wildman–Crippen LogP) is 5.67. The van der Waals surface area contributed by atoms with Crippen molar-refractivity contribution in [3.63, 3.8) is 0 Å². The monoisotopic (exact) mass is 451 g/mol. The summed E-state index contributed by atoms with van der Waals surface area (Å²) in [6.45, 7) is 7.58. The van der Waals surface area contributed by atoms with Gasteiger partial charge in [-0.2, -0.15) is 0 Å². The summed E-state index contributed by atoms with van der Waals surface area (Å²) in [4.78, 5) is 25.6. The Morgan fingerprint density at radius 2 is 1.76 bits per heavy atom. The minimum absolute atomic E-state index is 0.00411. The van der Waals surface area contributed by atoms with Crippen LogP contribution in [0.4, 0.5) is 5.69 Å². The van der Waals surface area contributed by atoms with E-state index < -0.39 is 5.60 Å². The molecule has 0 spiro atoms. The van der Waals surface area contributed by atoms with Crippen molar-refractivity contribution >= 4 is 17.6 Å². The van der Waals surface area contributed by atoms with Crippen LogP contribution in [0.5, 0.6) is 0 Å². The quantitative estimate of drug-likeness (QED) is 0.507. The van der Waals surface area contributed by atoms with Crippen LogP contribution in [-0.4, -0.2) is 22.6 Å². The van der Waals surface area contributed by atoms with Crippen LogP contribution in [0.25, 0.3) is 0 Å². The molecule has 5 heteroatoms. The van der Waals surface area contributed by atoms with E-state index in [1.54, 1.807) is 0 Å². The molecular formula is C28H37NO4. The lowest BCUT2D eigenvalue weighted by Crippen LogP contribution is -2.27. The second-order valence-electron chi connectivity index (χ2n) is 10.1. The fraction of sp³-hybridized carbons (Fsp3) is 0.500. The first-order chi connectivity index (χ1) is 15.7. The number of esters is 1. The molecule has 1 fully saturated rings. The highest BCUT2D eigenvalue weighted by molar-refractivity contribution is 5.96. The van der Waals surface area contributed by atoms with Gasteiger partial charge in [-0.25, -0.2) is 0 Å². The number of aliphatic hydroxyl groups is 1. The van der Waals surface area contributed by atoms with Crippen molar-refractivity contribution in [1.29, 1.82) is 0 Å². The zero-order chi connectivity index (χ0) is 24.0. The van der Waals surface area contributed by atoms with Gasteiger partial charge in [-0.15, -0.1) is 0 Å². The number of amides is 1. The number of nitrogens with one attached hydrogen (secondary N) is 1. The summed E-state index contributed by atoms with van der Waals surface area (Å²) in [5.41, 5.74) is 4.15. The minimum atomic E-state index is -0.493.